The fraction of sp³-hybridized carbons (Fsp3) is 0.407. The molecule has 5 N–H and O–H groups in total. The second-order valence-corrected chi connectivity index (χ2v) is 9.68. The molecule has 1 aliphatic rings. The Kier molecular flexibility index (Phi) is 9.04. The number of hydrogen-bond donors (Lipinski definition) is 5. The van der Waals surface area contributed by atoms with E-state index in [-0.39, 0.29) is 29.3 Å². The number of anilines is 1. The molecule has 0 radical (unpaired) electrons. The number of H-pyrrole nitrogens is 1. The van der Waals surface area contributed by atoms with E-state index in [2.05, 4.69) is 20.5 Å². The van der Waals surface area contributed by atoms with E-state index in [9.17, 15) is 19.8 Å². The van der Waals surface area contributed by atoms with Gasteiger partial charge in [0.1, 0.15) is 11.5 Å². The number of aliphatic hydroxyl groups excluding tert-OH is 1. The van der Waals surface area contributed by atoms with Gasteiger partial charge in [0.05, 0.1) is 29.4 Å². The molecule has 1 aliphatic heterocycles. The van der Waals surface area contributed by atoms with Crippen molar-refractivity contribution in [2.24, 2.45) is 0 Å². The Bertz CT molecular complexity index is 1310. The van der Waals surface area contributed by atoms with E-state index < -0.39 is 6.10 Å². The SMILES string of the molecule is COc1cc(NC(=O)CCN2CCCCC2)c(Cl)cc1CNC[C@H](O)c1ccc(O)c2[nH]c(=O)ccc12. The molecule has 2 heterocycles. The molecule has 1 atom stereocenters. The molecule has 10 heteroatoms. The predicted octanol–water partition coefficient (Wildman–Crippen LogP) is 3.53. The highest BCUT2D eigenvalue weighted by Crippen LogP contribution is 2.32. The zero-order chi connectivity index (χ0) is 26.4. The Morgan fingerprint density at radius 1 is 1.19 bits per heavy atom. The van der Waals surface area contributed by atoms with Gasteiger partial charge in [0.15, 0.2) is 0 Å². The number of aromatic hydroxyl groups is 1. The summed E-state index contributed by atoms with van der Waals surface area (Å²) in [6, 6.07) is 9.45. The Morgan fingerprint density at radius 2 is 1.97 bits per heavy atom. The highest BCUT2D eigenvalue weighted by Gasteiger charge is 2.17. The zero-order valence-corrected chi connectivity index (χ0v) is 21.6. The van der Waals surface area contributed by atoms with E-state index in [1.165, 1.54) is 31.4 Å². The zero-order valence-electron chi connectivity index (χ0n) is 20.8. The molecule has 37 heavy (non-hydrogen) atoms. The van der Waals surface area contributed by atoms with Gasteiger partial charge in [-0.05, 0) is 49.7 Å². The van der Waals surface area contributed by atoms with Gasteiger partial charge in [0, 0.05) is 49.1 Å². The number of hydrogen-bond acceptors (Lipinski definition) is 7. The van der Waals surface area contributed by atoms with E-state index in [0.29, 0.717) is 40.4 Å². The number of carbonyl (C=O) groups excluding carboxylic acids is 1. The summed E-state index contributed by atoms with van der Waals surface area (Å²) in [7, 11) is 1.55. The molecule has 3 aromatic rings. The third kappa shape index (κ3) is 6.81. The second kappa shape index (κ2) is 12.4. The summed E-state index contributed by atoms with van der Waals surface area (Å²) in [5.41, 5.74) is 1.79. The summed E-state index contributed by atoms with van der Waals surface area (Å²) in [4.78, 5) is 29.0. The number of halogens is 1. The molecular weight excluding hydrogens is 496 g/mol. The summed E-state index contributed by atoms with van der Waals surface area (Å²) < 4.78 is 5.52. The maximum atomic E-state index is 12.5. The lowest BCUT2D eigenvalue weighted by molar-refractivity contribution is -0.116. The van der Waals surface area contributed by atoms with Crippen LogP contribution in [0.25, 0.3) is 10.9 Å². The minimum Gasteiger partial charge on any atom is -0.506 e. The summed E-state index contributed by atoms with van der Waals surface area (Å²) in [6.45, 7) is 3.38. The summed E-state index contributed by atoms with van der Waals surface area (Å²) in [6.07, 6.45) is 3.13. The van der Waals surface area contributed by atoms with Crippen LogP contribution < -0.4 is 20.9 Å². The minimum atomic E-state index is -0.895. The number of fused-ring (bicyclic) bond motifs is 1. The maximum absolute atomic E-state index is 12.5. The van der Waals surface area contributed by atoms with Gasteiger partial charge in [-0.3, -0.25) is 9.59 Å². The van der Waals surface area contributed by atoms with Crippen LogP contribution in [0.5, 0.6) is 11.5 Å². The van der Waals surface area contributed by atoms with Crippen LogP contribution >= 0.6 is 11.6 Å². The monoisotopic (exact) mass is 528 g/mol. The van der Waals surface area contributed by atoms with Crippen LogP contribution in [0.4, 0.5) is 5.69 Å². The van der Waals surface area contributed by atoms with E-state index >= 15 is 0 Å². The van der Waals surface area contributed by atoms with E-state index in [0.717, 1.165) is 25.2 Å². The van der Waals surface area contributed by atoms with Gasteiger partial charge in [-0.15, -0.1) is 0 Å². The number of phenols is 1. The van der Waals surface area contributed by atoms with Gasteiger partial charge in [-0.25, -0.2) is 0 Å². The van der Waals surface area contributed by atoms with Crippen LogP contribution in [0.3, 0.4) is 0 Å². The molecule has 1 amide bonds. The lowest BCUT2D eigenvalue weighted by Crippen LogP contribution is -2.32. The van der Waals surface area contributed by atoms with Crippen LogP contribution in [0.2, 0.25) is 5.02 Å². The minimum absolute atomic E-state index is 0.0605. The van der Waals surface area contributed by atoms with E-state index in [1.807, 2.05) is 0 Å². The number of pyridine rings is 1. The standard InChI is InChI=1S/C27H33ClN4O5/c1-37-24-14-21(30-26(36)9-12-32-10-3-2-4-11-32)20(28)13-17(24)15-29-16-23(34)18-5-7-22(33)27-19(18)6-8-25(35)31-27/h5-8,13-14,23,29,33-34H,2-4,9-12,15-16H2,1H3,(H,30,36)(H,31,35)/t23-/m0/s1. The number of methoxy groups -OCH3 is 1. The van der Waals surface area contributed by atoms with Gasteiger partial charge in [-0.2, -0.15) is 0 Å². The van der Waals surface area contributed by atoms with Crippen molar-refractivity contribution in [1.82, 2.24) is 15.2 Å². The molecule has 0 bridgehead atoms. The number of nitrogens with zero attached hydrogens (tertiary/aromatic N) is 1. The van der Waals surface area contributed by atoms with Gasteiger partial charge >= 0.3 is 0 Å². The fourth-order valence-electron chi connectivity index (χ4n) is 4.68. The Morgan fingerprint density at radius 3 is 2.73 bits per heavy atom. The van der Waals surface area contributed by atoms with Gasteiger partial charge in [-0.1, -0.05) is 24.1 Å². The number of piperidine rings is 1. The number of phenolic OH excluding ortho intramolecular Hbond substituents is 1. The topological polar surface area (TPSA) is 127 Å². The largest absolute Gasteiger partial charge is 0.506 e. The molecular formula is C27H33ClN4O5. The van der Waals surface area contributed by atoms with Crippen molar-refractivity contribution in [2.45, 2.75) is 38.3 Å². The number of rotatable bonds is 10. The molecule has 1 saturated heterocycles. The molecule has 2 aromatic carbocycles. The number of ether oxygens (including phenoxy) is 1. The van der Waals surface area contributed by atoms with Crippen molar-refractivity contribution in [2.75, 3.05) is 38.6 Å². The smallest absolute Gasteiger partial charge is 0.248 e. The molecule has 1 fully saturated rings. The summed E-state index contributed by atoms with van der Waals surface area (Å²) in [5.74, 6) is 0.408. The molecule has 0 aliphatic carbocycles. The molecule has 1 aromatic heterocycles. The first-order valence-corrected chi connectivity index (χ1v) is 12.9. The fourth-order valence-corrected chi connectivity index (χ4v) is 4.91. The maximum Gasteiger partial charge on any atom is 0.248 e. The van der Waals surface area contributed by atoms with Gasteiger partial charge in [0.2, 0.25) is 11.5 Å². The average Bonchev–Trinajstić information content (AvgIpc) is 2.90. The number of aromatic nitrogens is 1. The van der Waals surface area contributed by atoms with Crippen molar-refractivity contribution in [3.63, 3.8) is 0 Å². The molecule has 0 unspecified atom stereocenters. The first kappa shape index (κ1) is 26.9. The Balaban J connectivity index is 1.36. The number of likely N-dealkylation sites (tertiary alicyclic amines) is 1. The first-order valence-electron chi connectivity index (χ1n) is 12.5. The van der Waals surface area contributed by atoms with Gasteiger partial charge in [0.25, 0.3) is 0 Å². The molecule has 0 saturated carbocycles. The number of aromatic amines is 1. The Hall–Kier alpha value is -3.11. The first-order chi connectivity index (χ1) is 17.9. The number of nitrogens with one attached hydrogen (secondary N) is 3. The van der Waals surface area contributed by atoms with Crippen LogP contribution in [-0.4, -0.2) is 59.3 Å². The molecule has 4 rings (SSSR count). The molecule has 198 valence electrons. The van der Waals surface area contributed by atoms with Gasteiger partial charge < -0.3 is 35.5 Å². The highest BCUT2D eigenvalue weighted by molar-refractivity contribution is 6.33. The van der Waals surface area contributed by atoms with Crippen molar-refractivity contribution in [3.05, 3.63) is 62.9 Å². The highest BCUT2D eigenvalue weighted by atomic mass is 35.5. The van der Waals surface area contributed by atoms with Crippen LogP contribution in [-0.2, 0) is 11.3 Å². The van der Waals surface area contributed by atoms with Crippen LogP contribution in [0.15, 0.2) is 41.2 Å². The Labute approximate surface area is 220 Å². The third-order valence-electron chi connectivity index (χ3n) is 6.67. The summed E-state index contributed by atoms with van der Waals surface area (Å²) >= 11 is 6.47. The second-order valence-electron chi connectivity index (χ2n) is 9.28. The summed E-state index contributed by atoms with van der Waals surface area (Å²) in [5, 5.41) is 27.9. The van der Waals surface area contributed by atoms with E-state index in [1.54, 1.807) is 31.4 Å². The third-order valence-corrected chi connectivity index (χ3v) is 6.98. The number of benzene rings is 2. The lowest BCUT2D eigenvalue weighted by atomic mass is 10.0. The van der Waals surface area contributed by atoms with Crippen molar-refractivity contribution < 1.29 is 19.7 Å². The van der Waals surface area contributed by atoms with Crippen molar-refractivity contribution in [1.29, 1.82) is 0 Å². The normalized spacial score (nSPS) is 15.0. The number of carbonyl (C=O) groups is 1. The quantitative estimate of drug-likeness (QED) is 0.272. The van der Waals surface area contributed by atoms with E-state index in [4.69, 9.17) is 16.3 Å². The molecule has 9 nitrogen and oxygen atoms in total. The predicted molar refractivity (Wildman–Crippen MR) is 144 cm³/mol. The lowest BCUT2D eigenvalue weighted by Gasteiger charge is -2.26. The van der Waals surface area contributed by atoms with Crippen molar-refractivity contribution in [3.8, 4) is 11.5 Å². The van der Waals surface area contributed by atoms with Crippen LogP contribution in [0, 0.1) is 0 Å². The van der Waals surface area contributed by atoms with Crippen molar-refractivity contribution >= 4 is 34.1 Å². The molecule has 0 spiro atoms. The number of aliphatic hydroxyl groups is 1. The van der Waals surface area contributed by atoms with Crippen LogP contribution in [0.1, 0.15) is 42.9 Å². The average molecular weight is 529 g/mol. The number of amides is 1.